The van der Waals surface area contributed by atoms with Crippen LogP contribution in [0.25, 0.3) is 11.1 Å². The third-order valence-corrected chi connectivity index (χ3v) is 3.18. The van der Waals surface area contributed by atoms with Crippen molar-refractivity contribution in [2.75, 3.05) is 0 Å². The molecule has 1 heterocycles. The number of hydrogen-bond acceptors (Lipinski definition) is 4. The Hall–Kier alpha value is -2.08. The molecule has 1 aromatic heterocycles. The second-order valence-electron chi connectivity index (χ2n) is 5.27. The van der Waals surface area contributed by atoms with Gasteiger partial charge in [-0.15, -0.1) is 0 Å². The molecule has 2 aromatic rings. The van der Waals surface area contributed by atoms with Gasteiger partial charge in [0.15, 0.2) is 5.58 Å². The zero-order valence-corrected chi connectivity index (χ0v) is 10.8. The van der Waals surface area contributed by atoms with Crippen molar-refractivity contribution in [3.63, 3.8) is 0 Å². The standard InChI is InChI=1S/C13H16N2O4/c1-13(2,11(16)17)6-8(14)7-3-4-10-9(5-7)15-12(18)19-10/h3-5,8H,6,14H2,1-2H3,(H,15,18)(H,16,17). The lowest BCUT2D eigenvalue weighted by Gasteiger charge is -2.23. The van der Waals surface area contributed by atoms with Gasteiger partial charge in [-0.1, -0.05) is 6.07 Å². The van der Waals surface area contributed by atoms with E-state index in [4.69, 9.17) is 15.3 Å². The van der Waals surface area contributed by atoms with Crippen LogP contribution < -0.4 is 11.5 Å². The molecule has 4 N–H and O–H groups in total. The van der Waals surface area contributed by atoms with Crippen LogP contribution in [0.4, 0.5) is 0 Å². The maximum atomic E-state index is 11.1. The number of carboxylic acids is 1. The van der Waals surface area contributed by atoms with E-state index in [1.165, 1.54) is 0 Å². The molecule has 0 saturated carbocycles. The first kappa shape index (κ1) is 13.4. The summed E-state index contributed by atoms with van der Waals surface area (Å²) in [6, 6.07) is 4.68. The number of aromatic amines is 1. The Bertz CT molecular complexity index is 669. The first-order valence-corrected chi connectivity index (χ1v) is 5.91. The van der Waals surface area contributed by atoms with Crippen LogP contribution in [0.5, 0.6) is 0 Å². The fraction of sp³-hybridized carbons (Fsp3) is 0.385. The Labute approximate surface area is 109 Å². The van der Waals surface area contributed by atoms with E-state index in [1.807, 2.05) is 0 Å². The lowest BCUT2D eigenvalue weighted by atomic mass is 9.84. The minimum absolute atomic E-state index is 0.302. The third kappa shape index (κ3) is 2.68. The summed E-state index contributed by atoms with van der Waals surface area (Å²) in [7, 11) is 0. The highest BCUT2D eigenvalue weighted by atomic mass is 16.4. The van der Waals surface area contributed by atoms with Gasteiger partial charge in [0.2, 0.25) is 0 Å². The zero-order chi connectivity index (χ0) is 14.2. The maximum Gasteiger partial charge on any atom is 0.417 e. The highest BCUT2D eigenvalue weighted by Crippen LogP contribution is 2.29. The molecule has 19 heavy (non-hydrogen) atoms. The molecule has 0 aliphatic rings. The molecule has 102 valence electrons. The van der Waals surface area contributed by atoms with Crippen molar-refractivity contribution in [1.82, 2.24) is 4.98 Å². The summed E-state index contributed by atoms with van der Waals surface area (Å²) in [5.41, 5.74) is 6.91. The van der Waals surface area contributed by atoms with Crippen LogP contribution in [0.2, 0.25) is 0 Å². The number of fused-ring (bicyclic) bond motifs is 1. The molecule has 0 amide bonds. The van der Waals surface area contributed by atoms with Crippen molar-refractivity contribution in [3.8, 4) is 0 Å². The zero-order valence-electron chi connectivity index (χ0n) is 10.8. The van der Waals surface area contributed by atoms with Crippen molar-refractivity contribution < 1.29 is 14.3 Å². The van der Waals surface area contributed by atoms with Crippen LogP contribution in [0.3, 0.4) is 0 Å². The largest absolute Gasteiger partial charge is 0.481 e. The Morgan fingerprint density at radius 2 is 2.21 bits per heavy atom. The Balaban J connectivity index is 2.28. The van der Waals surface area contributed by atoms with Gasteiger partial charge in [0.25, 0.3) is 0 Å². The van der Waals surface area contributed by atoms with Crippen LogP contribution in [0.15, 0.2) is 27.4 Å². The van der Waals surface area contributed by atoms with Crippen molar-refractivity contribution >= 4 is 17.1 Å². The van der Waals surface area contributed by atoms with Crippen molar-refractivity contribution in [2.45, 2.75) is 26.3 Å². The second-order valence-corrected chi connectivity index (χ2v) is 5.27. The summed E-state index contributed by atoms with van der Waals surface area (Å²) >= 11 is 0. The highest BCUT2D eigenvalue weighted by Gasteiger charge is 2.30. The molecular formula is C13H16N2O4. The van der Waals surface area contributed by atoms with Crippen LogP contribution in [-0.4, -0.2) is 16.1 Å². The van der Waals surface area contributed by atoms with E-state index in [2.05, 4.69) is 4.98 Å². The van der Waals surface area contributed by atoms with Gasteiger partial charge >= 0.3 is 11.7 Å². The molecule has 6 nitrogen and oxygen atoms in total. The highest BCUT2D eigenvalue weighted by molar-refractivity contribution is 5.74. The Morgan fingerprint density at radius 1 is 1.53 bits per heavy atom. The van der Waals surface area contributed by atoms with Gasteiger partial charge in [-0.05, 0) is 38.0 Å². The van der Waals surface area contributed by atoms with E-state index in [-0.39, 0.29) is 0 Å². The van der Waals surface area contributed by atoms with Gasteiger partial charge in [0.1, 0.15) is 0 Å². The molecule has 0 spiro atoms. The summed E-state index contributed by atoms with van der Waals surface area (Å²) in [4.78, 5) is 24.7. The molecule has 6 heteroatoms. The number of carbonyl (C=O) groups is 1. The number of aromatic nitrogens is 1. The number of hydrogen-bond donors (Lipinski definition) is 3. The lowest BCUT2D eigenvalue weighted by molar-refractivity contribution is -0.147. The molecule has 0 aliphatic heterocycles. The van der Waals surface area contributed by atoms with Crippen LogP contribution in [-0.2, 0) is 4.79 Å². The minimum Gasteiger partial charge on any atom is -0.481 e. The third-order valence-electron chi connectivity index (χ3n) is 3.18. The monoisotopic (exact) mass is 264 g/mol. The fourth-order valence-electron chi connectivity index (χ4n) is 1.96. The molecule has 1 atom stereocenters. The lowest BCUT2D eigenvalue weighted by Crippen LogP contribution is -2.28. The van der Waals surface area contributed by atoms with Gasteiger partial charge in [-0.25, -0.2) is 4.79 Å². The van der Waals surface area contributed by atoms with Crippen LogP contribution in [0.1, 0.15) is 31.9 Å². The number of oxazole rings is 1. The smallest absolute Gasteiger partial charge is 0.417 e. The van der Waals surface area contributed by atoms with Crippen LogP contribution in [0, 0.1) is 5.41 Å². The fourth-order valence-corrected chi connectivity index (χ4v) is 1.96. The average Bonchev–Trinajstić information content (AvgIpc) is 2.66. The average molecular weight is 264 g/mol. The van der Waals surface area contributed by atoms with Crippen molar-refractivity contribution in [3.05, 3.63) is 34.3 Å². The number of H-pyrrole nitrogens is 1. The summed E-state index contributed by atoms with van der Waals surface area (Å²) in [6.45, 7) is 3.26. The first-order valence-electron chi connectivity index (χ1n) is 5.91. The predicted molar refractivity (Wildman–Crippen MR) is 69.8 cm³/mol. The van der Waals surface area contributed by atoms with E-state index in [0.29, 0.717) is 17.5 Å². The van der Waals surface area contributed by atoms with E-state index in [1.54, 1.807) is 32.0 Å². The molecule has 2 rings (SSSR count). The van der Waals surface area contributed by atoms with Gasteiger partial charge < -0.3 is 15.3 Å². The Morgan fingerprint density at radius 3 is 2.84 bits per heavy atom. The van der Waals surface area contributed by atoms with Crippen LogP contribution >= 0.6 is 0 Å². The number of carboxylic acid groups (broad SMARTS) is 1. The topological polar surface area (TPSA) is 109 Å². The molecule has 0 aliphatic carbocycles. The number of benzene rings is 1. The van der Waals surface area contributed by atoms with E-state index in [9.17, 15) is 9.59 Å². The summed E-state index contributed by atoms with van der Waals surface area (Å²) in [5.74, 6) is -1.41. The minimum atomic E-state index is -0.905. The van der Waals surface area contributed by atoms with Crippen molar-refractivity contribution in [2.24, 2.45) is 11.1 Å². The molecule has 0 fully saturated rings. The SMILES string of the molecule is CC(C)(CC(N)c1ccc2oc(=O)[nH]c2c1)C(=O)O. The first-order chi connectivity index (χ1) is 8.79. The molecule has 0 radical (unpaired) electrons. The van der Waals surface area contributed by atoms with Gasteiger partial charge in [0.05, 0.1) is 10.9 Å². The van der Waals surface area contributed by atoms with Crippen molar-refractivity contribution in [1.29, 1.82) is 0 Å². The van der Waals surface area contributed by atoms with Gasteiger partial charge in [-0.3, -0.25) is 9.78 Å². The van der Waals surface area contributed by atoms with E-state index in [0.717, 1.165) is 5.56 Å². The van der Waals surface area contributed by atoms with Gasteiger partial charge in [0, 0.05) is 6.04 Å². The molecule has 0 saturated heterocycles. The Kier molecular flexibility index (Phi) is 3.20. The number of rotatable bonds is 4. The molecule has 1 aromatic carbocycles. The molecule has 1 unspecified atom stereocenters. The summed E-state index contributed by atoms with van der Waals surface area (Å²) in [5, 5.41) is 9.09. The van der Waals surface area contributed by atoms with E-state index < -0.39 is 23.2 Å². The number of nitrogens with one attached hydrogen (secondary N) is 1. The predicted octanol–water partition coefficient (Wildman–Crippen LogP) is 1.62. The maximum absolute atomic E-state index is 11.1. The normalized spacial score (nSPS) is 13.6. The number of aliphatic carboxylic acids is 1. The molecule has 0 bridgehead atoms. The number of nitrogens with two attached hydrogens (primary N) is 1. The summed E-state index contributed by atoms with van der Waals surface area (Å²) < 4.78 is 4.90. The molecular weight excluding hydrogens is 248 g/mol. The summed E-state index contributed by atoms with van der Waals surface area (Å²) in [6.07, 6.45) is 0.302. The van der Waals surface area contributed by atoms with E-state index >= 15 is 0 Å². The quantitative estimate of drug-likeness (QED) is 0.777. The van der Waals surface area contributed by atoms with Gasteiger partial charge in [-0.2, -0.15) is 0 Å². The second kappa shape index (κ2) is 4.55.